The van der Waals surface area contributed by atoms with Gasteiger partial charge in [0.05, 0.1) is 17.1 Å². The molecule has 0 aliphatic carbocycles. The van der Waals surface area contributed by atoms with Crippen molar-refractivity contribution in [3.8, 4) is 0 Å². The second kappa shape index (κ2) is 10.7. The quantitative estimate of drug-likeness (QED) is 0.316. The lowest BCUT2D eigenvalue weighted by Crippen LogP contribution is -2.42. The van der Waals surface area contributed by atoms with Crippen LogP contribution in [0.5, 0.6) is 0 Å². The average Bonchev–Trinajstić information content (AvgIpc) is 2.93. The maximum absolute atomic E-state index is 13.9. The molecule has 0 radical (unpaired) electrons. The van der Waals surface area contributed by atoms with Gasteiger partial charge in [-0.2, -0.15) is 0 Å². The number of rotatable bonds is 8. The molecule has 9 heteroatoms. The number of ketones is 1. The van der Waals surface area contributed by atoms with Crippen LogP contribution in [0.4, 0.5) is 14.6 Å². The number of nitrogens with one attached hydrogen (secondary N) is 1. The molecule has 3 aromatic heterocycles. The minimum Gasteiger partial charge on any atom is -0.383 e. The van der Waals surface area contributed by atoms with Crippen LogP contribution in [0.2, 0.25) is 0 Å². The van der Waals surface area contributed by atoms with Crippen LogP contribution in [0.25, 0.3) is 21.8 Å². The highest BCUT2D eigenvalue weighted by molar-refractivity contribution is 5.98. The van der Waals surface area contributed by atoms with Gasteiger partial charge in [-0.05, 0) is 71.8 Å². The van der Waals surface area contributed by atoms with E-state index in [1.165, 1.54) is 12.1 Å². The van der Waals surface area contributed by atoms with Crippen molar-refractivity contribution in [1.82, 2.24) is 20.3 Å². The number of anilines is 1. The van der Waals surface area contributed by atoms with Gasteiger partial charge in [-0.25, -0.2) is 18.7 Å². The van der Waals surface area contributed by atoms with Gasteiger partial charge in [0, 0.05) is 24.2 Å². The van der Waals surface area contributed by atoms with E-state index in [0.29, 0.717) is 28.8 Å². The second-order valence-electron chi connectivity index (χ2n) is 8.93. The molecule has 1 atom stereocenters. The number of halogens is 2. The summed E-state index contributed by atoms with van der Waals surface area (Å²) >= 11 is 0. The second-order valence-corrected chi connectivity index (χ2v) is 8.93. The molecule has 0 spiro atoms. The Labute approximate surface area is 216 Å². The molecule has 0 aliphatic rings. The van der Waals surface area contributed by atoms with Crippen molar-refractivity contribution >= 4 is 39.3 Å². The van der Waals surface area contributed by atoms with Gasteiger partial charge in [0.2, 0.25) is 0 Å². The zero-order valence-electron chi connectivity index (χ0n) is 20.2. The van der Waals surface area contributed by atoms with Crippen molar-refractivity contribution in [3.05, 3.63) is 108 Å². The number of carbonyl (C=O) groups is 2. The third-order valence-electron chi connectivity index (χ3n) is 6.33. The van der Waals surface area contributed by atoms with Crippen molar-refractivity contribution in [3.63, 3.8) is 0 Å². The van der Waals surface area contributed by atoms with E-state index < -0.39 is 23.6 Å². The molecule has 0 bridgehead atoms. The summed E-state index contributed by atoms with van der Waals surface area (Å²) in [5, 5.41) is 4.47. The molecule has 0 fully saturated rings. The van der Waals surface area contributed by atoms with E-state index >= 15 is 0 Å². The Morgan fingerprint density at radius 1 is 0.868 bits per heavy atom. The predicted molar refractivity (Wildman–Crippen MR) is 140 cm³/mol. The smallest absolute Gasteiger partial charge is 0.270 e. The maximum Gasteiger partial charge on any atom is 0.270 e. The third kappa shape index (κ3) is 5.46. The molecule has 5 aromatic rings. The number of nitrogens with zero attached hydrogens (tertiary/aromatic N) is 3. The Bertz CT molecular complexity index is 1670. The van der Waals surface area contributed by atoms with Gasteiger partial charge in [-0.15, -0.1) is 0 Å². The summed E-state index contributed by atoms with van der Waals surface area (Å²) < 4.78 is 27.3. The van der Waals surface area contributed by atoms with Gasteiger partial charge in [0.25, 0.3) is 5.91 Å². The van der Waals surface area contributed by atoms with Gasteiger partial charge in [-0.1, -0.05) is 24.3 Å². The number of hydrogen-bond acceptors (Lipinski definition) is 6. The van der Waals surface area contributed by atoms with Crippen molar-refractivity contribution in [2.75, 3.05) is 5.73 Å². The number of benzene rings is 2. The van der Waals surface area contributed by atoms with Gasteiger partial charge in [0.15, 0.2) is 17.4 Å². The topological polar surface area (TPSA) is 111 Å². The number of nitrogen functional groups attached to an aromatic ring is 1. The molecular weight excluding hydrogens is 488 g/mol. The molecule has 1 amide bonds. The number of pyridine rings is 3. The highest BCUT2D eigenvalue weighted by Gasteiger charge is 2.23. The summed E-state index contributed by atoms with van der Waals surface area (Å²) in [6.45, 7) is 0. The first-order chi connectivity index (χ1) is 18.4. The first-order valence-electron chi connectivity index (χ1n) is 12.0. The van der Waals surface area contributed by atoms with Crippen LogP contribution in [0.15, 0.2) is 79.1 Å². The molecule has 0 unspecified atom stereocenters. The van der Waals surface area contributed by atoms with Crippen LogP contribution >= 0.6 is 0 Å². The van der Waals surface area contributed by atoms with E-state index in [4.69, 9.17) is 5.73 Å². The number of fused-ring (bicyclic) bond motifs is 2. The van der Waals surface area contributed by atoms with Crippen LogP contribution in [0.1, 0.15) is 28.0 Å². The molecule has 3 heterocycles. The molecule has 7 nitrogen and oxygen atoms in total. The number of carbonyl (C=O) groups excluding carboxylic acids is 2. The van der Waals surface area contributed by atoms with E-state index in [1.54, 1.807) is 30.6 Å². The fourth-order valence-electron chi connectivity index (χ4n) is 4.31. The molecule has 3 N–H and O–H groups in total. The van der Waals surface area contributed by atoms with Crippen LogP contribution in [0.3, 0.4) is 0 Å². The molecule has 38 heavy (non-hydrogen) atoms. The first-order valence-corrected chi connectivity index (χ1v) is 12.0. The van der Waals surface area contributed by atoms with Gasteiger partial charge in [0.1, 0.15) is 11.5 Å². The van der Waals surface area contributed by atoms with Gasteiger partial charge >= 0.3 is 0 Å². The molecular formula is C29H23F2N5O2. The number of aromatic nitrogens is 3. The zero-order chi connectivity index (χ0) is 26.6. The van der Waals surface area contributed by atoms with Crippen molar-refractivity contribution in [1.29, 1.82) is 0 Å². The Kier molecular flexibility index (Phi) is 6.99. The SMILES string of the molecule is Nc1nccc2cc(CCC(=O)[C@H](Cc3ccc(F)c(F)c3)NC(=O)c3ccc4ncccc4n3)ccc12. The highest BCUT2D eigenvalue weighted by atomic mass is 19.2. The molecule has 0 aliphatic heterocycles. The van der Waals surface area contributed by atoms with Gasteiger partial charge < -0.3 is 11.1 Å². The minimum absolute atomic E-state index is 0.00314. The van der Waals surface area contributed by atoms with E-state index in [2.05, 4.69) is 20.3 Å². The number of amides is 1. The Morgan fingerprint density at radius 2 is 1.71 bits per heavy atom. The number of nitrogens with two attached hydrogens (primary N) is 1. The lowest BCUT2D eigenvalue weighted by Gasteiger charge is -2.18. The first kappa shape index (κ1) is 24.9. The Balaban J connectivity index is 1.36. The molecule has 190 valence electrons. The molecule has 0 saturated heterocycles. The van der Waals surface area contributed by atoms with Crippen molar-refractivity contribution < 1.29 is 18.4 Å². The fourth-order valence-corrected chi connectivity index (χ4v) is 4.31. The monoisotopic (exact) mass is 511 g/mol. The summed E-state index contributed by atoms with van der Waals surface area (Å²) in [7, 11) is 0. The van der Waals surface area contributed by atoms with E-state index in [1.807, 2.05) is 24.3 Å². The highest BCUT2D eigenvalue weighted by Crippen LogP contribution is 2.21. The summed E-state index contributed by atoms with van der Waals surface area (Å²) in [6.07, 6.45) is 3.78. The summed E-state index contributed by atoms with van der Waals surface area (Å²) in [5.41, 5.74) is 8.51. The summed E-state index contributed by atoms with van der Waals surface area (Å²) in [4.78, 5) is 39.0. The van der Waals surface area contributed by atoms with E-state index in [-0.39, 0.29) is 24.3 Å². The Hall–Kier alpha value is -4.79. The van der Waals surface area contributed by atoms with Crippen LogP contribution in [-0.4, -0.2) is 32.7 Å². The number of aryl methyl sites for hydroxylation is 1. The molecule has 2 aromatic carbocycles. The normalized spacial score (nSPS) is 11.9. The largest absolute Gasteiger partial charge is 0.383 e. The fraction of sp³-hybridized carbons (Fsp3) is 0.138. The standard InChI is InChI=1S/C29H23F2N5O2/c30-21-7-4-18(15-22(21)31)16-26(36-29(38)25-9-8-23-24(35-25)2-1-12-33-23)27(37)10-5-17-3-6-20-19(14-17)11-13-34-28(20)32/h1-4,6-9,11-15,26H,5,10,16H2,(H2,32,34)(H,36,38)/t26-/m0/s1. The van der Waals surface area contributed by atoms with Crippen molar-refractivity contribution in [2.45, 2.75) is 25.3 Å². The minimum atomic E-state index is -1.02. The lowest BCUT2D eigenvalue weighted by molar-refractivity contribution is -0.120. The number of Topliss-reactive ketones (excluding diaryl/α,β-unsaturated/α-hetero) is 1. The van der Waals surface area contributed by atoms with E-state index in [0.717, 1.165) is 28.5 Å². The Morgan fingerprint density at radius 3 is 2.55 bits per heavy atom. The van der Waals surface area contributed by atoms with Gasteiger partial charge in [-0.3, -0.25) is 14.6 Å². The summed E-state index contributed by atoms with van der Waals surface area (Å²) in [5.74, 6) is -2.38. The average molecular weight is 512 g/mol. The third-order valence-corrected chi connectivity index (χ3v) is 6.33. The van der Waals surface area contributed by atoms with Crippen LogP contribution in [-0.2, 0) is 17.6 Å². The molecule has 5 rings (SSSR count). The summed E-state index contributed by atoms with van der Waals surface area (Å²) in [6, 6.07) is 16.6. The predicted octanol–water partition coefficient (Wildman–Crippen LogP) is 4.58. The van der Waals surface area contributed by atoms with Crippen molar-refractivity contribution in [2.24, 2.45) is 0 Å². The van der Waals surface area contributed by atoms with Crippen LogP contribution in [0, 0.1) is 11.6 Å². The van der Waals surface area contributed by atoms with Crippen LogP contribution < -0.4 is 11.1 Å². The lowest BCUT2D eigenvalue weighted by atomic mass is 9.96. The molecule has 0 saturated carbocycles. The maximum atomic E-state index is 13.9. The van der Waals surface area contributed by atoms with E-state index in [9.17, 15) is 18.4 Å². The number of hydrogen-bond donors (Lipinski definition) is 2. The zero-order valence-corrected chi connectivity index (χ0v) is 20.2.